The van der Waals surface area contributed by atoms with E-state index in [0.29, 0.717) is 12.1 Å². The summed E-state index contributed by atoms with van der Waals surface area (Å²) in [6, 6.07) is 2.72. The highest BCUT2D eigenvalue weighted by Crippen LogP contribution is 2.33. The smallest absolute Gasteiger partial charge is 0.317 e. The first-order valence-electron chi connectivity index (χ1n) is 8.26. The summed E-state index contributed by atoms with van der Waals surface area (Å²) in [6.07, 6.45) is 3.36. The van der Waals surface area contributed by atoms with E-state index in [1.807, 2.05) is 0 Å². The molecule has 0 aromatic heterocycles. The van der Waals surface area contributed by atoms with E-state index < -0.39 is 17.5 Å². The first-order valence-corrected chi connectivity index (χ1v) is 8.26. The number of amides is 2. The number of rotatable bonds is 4. The summed E-state index contributed by atoms with van der Waals surface area (Å²) in [7, 11) is 1.55. The van der Waals surface area contributed by atoms with Crippen molar-refractivity contribution in [3.63, 3.8) is 0 Å². The lowest BCUT2D eigenvalue weighted by atomic mass is 10.2. The van der Waals surface area contributed by atoms with Crippen molar-refractivity contribution < 1.29 is 18.0 Å². The molecule has 1 aliphatic carbocycles. The molecule has 1 N–H and O–H groups in total. The van der Waals surface area contributed by atoms with Gasteiger partial charge in [-0.1, -0.05) is 0 Å². The van der Waals surface area contributed by atoms with Gasteiger partial charge >= 0.3 is 6.03 Å². The fraction of sp³-hybridized carbons (Fsp3) is 0.588. The van der Waals surface area contributed by atoms with Gasteiger partial charge in [0.1, 0.15) is 0 Å². The molecule has 1 aromatic carbocycles. The highest BCUT2D eigenvalue weighted by atomic mass is 19.2. The Morgan fingerprint density at radius 1 is 1.29 bits per heavy atom. The van der Waals surface area contributed by atoms with Crippen LogP contribution in [0.15, 0.2) is 12.1 Å². The summed E-state index contributed by atoms with van der Waals surface area (Å²) in [5.41, 5.74) is 0.212. The normalized spacial score (nSPS) is 24.2. The van der Waals surface area contributed by atoms with Gasteiger partial charge in [-0.2, -0.15) is 0 Å². The molecule has 2 amide bonds. The minimum absolute atomic E-state index is 0.00850. The number of hydrogen-bond donors (Lipinski definition) is 1. The van der Waals surface area contributed by atoms with Crippen LogP contribution in [0.5, 0.6) is 0 Å². The van der Waals surface area contributed by atoms with Crippen LogP contribution in [0.2, 0.25) is 0 Å². The number of carbonyl (C=O) groups excluding carboxylic acids is 1. The maximum atomic E-state index is 13.2. The fourth-order valence-corrected chi connectivity index (χ4v) is 3.41. The standard InChI is InChI=1S/C17H22F3N3O/c1-10-5-12(9-23(10)13-3-4-13)21-17(24)22(2)8-11-6-14(18)16(20)15(19)7-11/h6-7,10,12-13H,3-5,8-9H2,1-2H3,(H,21,24)/t10-,12-/m1/s1. The van der Waals surface area contributed by atoms with E-state index in [1.54, 1.807) is 7.05 Å². The Kier molecular flexibility index (Phi) is 4.71. The van der Waals surface area contributed by atoms with E-state index in [0.717, 1.165) is 25.1 Å². The first kappa shape index (κ1) is 17.1. The van der Waals surface area contributed by atoms with E-state index in [-0.39, 0.29) is 24.2 Å². The SMILES string of the molecule is C[C@@H]1C[C@@H](NC(=O)N(C)Cc2cc(F)c(F)c(F)c2)CN1C1CC1. The Morgan fingerprint density at radius 3 is 2.50 bits per heavy atom. The largest absolute Gasteiger partial charge is 0.334 e. The summed E-state index contributed by atoms with van der Waals surface area (Å²) >= 11 is 0. The van der Waals surface area contributed by atoms with E-state index in [4.69, 9.17) is 0 Å². The van der Waals surface area contributed by atoms with Gasteiger partial charge < -0.3 is 10.2 Å². The van der Waals surface area contributed by atoms with Crippen LogP contribution in [0.25, 0.3) is 0 Å². The number of nitrogens with zero attached hydrogens (tertiary/aromatic N) is 2. The number of benzene rings is 1. The zero-order valence-corrected chi connectivity index (χ0v) is 13.9. The Morgan fingerprint density at radius 2 is 1.92 bits per heavy atom. The Labute approximate surface area is 139 Å². The second kappa shape index (κ2) is 6.63. The van der Waals surface area contributed by atoms with E-state index in [9.17, 15) is 18.0 Å². The predicted octanol–water partition coefficient (Wildman–Crippen LogP) is 2.87. The molecule has 2 aliphatic rings. The molecule has 3 rings (SSSR count). The molecule has 0 unspecified atom stereocenters. The van der Waals surface area contributed by atoms with Gasteiger partial charge in [0.25, 0.3) is 0 Å². The first-order chi connectivity index (χ1) is 11.3. The van der Waals surface area contributed by atoms with Crippen LogP contribution in [0.1, 0.15) is 31.7 Å². The number of carbonyl (C=O) groups is 1. The molecule has 1 heterocycles. The number of hydrogen-bond acceptors (Lipinski definition) is 2. The molecular formula is C17H22F3N3O. The fourth-order valence-electron chi connectivity index (χ4n) is 3.41. The van der Waals surface area contributed by atoms with Gasteiger partial charge in [0.05, 0.1) is 0 Å². The number of likely N-dealkylation sites (tertiary alicyclic amines) is 1. The second-order valence-corrected chi connectivity index (χ2v) is 6.89. The molecule has 1 saturated heterocycles. The molecule has 1 aromatic rings. The highest BCUT2D eigenvalue weighted by Gasteiger charge is 2.39. The molecule has 1 saturated carbocycles. The minimum Gasteiger partial charge on any atom is -0.334 e. The van der Waals surface area contributed by atoms with Crippen LogP contribution in [-0.4, -0.2) is 47.5 Å². The average molecular weight is 341 g/mol. The third-order valence-electron chi connectivity index (χ3n) is 4.78. The lowest BCUT2D eigenvalue weighted by molar-refractivity contribution is 0.201. The number of urea groups is 1. The van der Waals surface area contributed by atoms with Crippen LogP contribution in [0, 0.1) is 17.5 Å². The van der Waals surface area contributed by atoms with Crippen LogP contribution in [0.3, 0.4) is 0 Å². The van der Waals surface area contributed by atoms with Crippen LogP contribution in [0.4, 0.5) is 18.0 Å². The van der Waals surface area contributed by atoms with Crippen LogP contribution in [-0.2, 0) is 6.54 Å². The van der Waals surface area contributed by atoms with E-state index in [1.165, 1.54) is 17.7 Å². The second-order valence-electron chi connectivity index (χ2n) is 6.89. The molecule has 2 atom stereocenters. The quantitative estimate of drug-likeness (QED) is 0.855. The molecule has 24 heavy (non-hydrogen) atoms. The molecule has 2 fully saturated rings. The molecule has 0 radical (unpaired) electrons. The van der Waals surface area contributed by atoms with Gasteiger partial charge in [0, 0.05) is 38.3 Å². The molecular weight excluding hydrogens is 319 g/mol. The lowest BCUT2D eigenvalue weighted by Gasteiger charge is -2.22. The van der Waals surface area contributed by atoms with Crippen molar-refractivity contribution in [3.05, 3.63) is 35.1 Å². The Hall–Kier alpha value is -1.76. The maximum Gasteiger partial charge on any atom is 0.317 e. The van der Waals surface area contributed by atoms with Crippen LogP contribution >= 0.6 is 0 Å². The van der Waals surface area contributed by atoms with Crippen molar-refractivity contribution in [2.45, 2.75) is 50.9 Å². The van der Waals surface area contributed by atoms with Crippen molar-refractivity contribution in [2.24, 2.45) is 0 Å². The summed E-state index contributed by atoms with van der Waals surface area (Å²) in [6.45, 7) is 3.01. The molecule has 0 bridgehead atoms. The minimum atomic E-state index is -1.49. The van der Waals surface area contributed by atoms with Crippen molar-refractivity contribution in [1.82, 2.24) is 15.1 Å². The summed E-state index contributed by atoms with van der Waals surface area (Å²) in [4.78, 5) is 16.0. The van der Waals surface area contributed by atoms with Crippen molar-refractivity contribution in [2.75, 3.05) is 13.6 Å². The van der Waals surface area contributed by atoms with Gasteiger partial charge in [-0.25, -0.2) is 18.0 Å². The van der Waals surface area contributed by atoms with Crippen LogP contribution < -0.4 is 5.32 Å². The Balaban J connectivity index is 1.55. The maximum absolute atomic E-state index is 13.2. The third kappa shape index (κ3) is 3.66. The van der Waals surface area contributed by atoms with E-state index in [2.05, 4.69) is 17.1 Å². The molecule has 4 nitrogen and oxygen atoms in total. The van der Waals surface area contributed by atoms with Gasteiger partial charge in [0.2, 0.25) is 0 Å². The van der Waals surface area contributed by atoms with Crippen molar-refractivity contribution in [1.29, 1.82) is 0 Å². The topological polar surface area (TPSA) is 35.6 Å². The zero-order valence-electron chi connectivity index (χ0n) is 13.9. The summed E-state index contributed by atoms with van der Waals surface area (Å²) in [5, 5.41) is 2.97. The molecule has 7 heteroatoms. The lowest BCUT2D eigenvalue weighted by Crippen LogP contribution is -2.44. The van der Waals surface area contributed by atoms with Gasteiger partial charge in [-0.15, -0.1) is 0 Å². The number of nitrogens with one attached hydrogen (secondary N) is 1. The third-order valence-corrected chi connectivity index (χ3v) is 4.78. The molecule has 1 aliphatic heterocycles. The van der Waals surface area contributed by atoms with Gasteiger partial charge in [-0.05, 0) is 43.9 Å². The van der Waals surface area contributed by atoms with E-state index >= 15 is 0 Å². The van der Waals surface area contributed by atoms with Crippen molar-refractivity contribution >= 4 is 6.03 Å². The molecule has 0 spiro atoms. The Bertz CT molecular complexity index is 613. The predicted molar refractivity (Wildman–Crippen MR) is 83.9 cm³/mol. The average Bonchev–Trinajstić information content (AvgIpc) is 3.28. The number of halogens is 3. The highest BCUT2D eigenvalue weighted by molar-refractivity contribution is 5.74. The zero-order chi connectivity index (χ0) is 17.4. The molecule has 132 valence electrons. The van der Waals surface area contributed by atoms with Gasteiger partial charge in [0.15, 0.2) is 17.5 Å². The summed E-state index contributed by atoms with van der Waals surface area (Å²) < 4.78 is 39.5. The summed E-state index contributed by atoms with van der Waals surface area (Å²) in [5.74, 6) is -3.99. The van der Waals surface area contributed by atoms with Crippen molar-refractivity contribution in [3.8, 4) is 0 Å². The monoisotopic (exact) mass is 341 g/mol. The van der Waals surface area contributed by atoms with Gasteiger partial charge in [-0.3, -0.25) is 4.90 Å².